The Hall–Kier alpha value is -3.02. The second-order valence-corrected chi connectivity index (χ2v) is 6.02. The summed E-state index contributed by atoms with van der Waals surface area (Å²) < 4.78 is 3.42. The third kappa shape index (κ3) is 2.41. The van der Waals surface area contributed by atoms with Gasteiger partial charge in [0.15, 0.2) is 11.2 Å². The van der Waals surface area contributed by atoms with Crippen LogP contribution < -0.4 is 5.56 Å². The van der Waals surface area contributed by atoms with Crippen molar-refractivity contribution in [3.63, 3.8) is 0 Å². The molecule has 0 N–H and O–H groups in total. The molecule has 1 aromatic carbocycles. The monoisotopic (exact) mass is 333 g/mol. The first-order valence-electron chi connectivity index (χ1n) is 8.57. The minimum absolute atomic E-state index is 0.122. The van der Waals surface area contributed by atoms with E-state index in [0.29, 0.717) is 23.2 Å². The number of pyridine rings is 1. The first kappa shape index (κ1) is 15.5. The van der Waals surface area contributed by atoms with E-state index >= 15 is 0 Å². The molecule has 0 radical (unpaired) electrons. The summed E-state index contributed by atoms with van der Waals surface area (Å²) in [5, 5.41) is 13.3. The van der Waals surface area contributed by atoms with Crippen molar-refractivity contribution in [2.24, 2.45) is 0 Å². The molecule has 0 saturated carbocycles. The van der Waals surface area contributed by atoms with Gasteiger partial charge >= 0.3 is 0 Å². The van der Waals surface area contributed by atoms with Crippen molar-refractivity contribution in [3.8, 4) is 11.1 Å². The zero-order valence-electron chi connectivity index (χ0n) is 14.3. The van der Waals surface area contributed by atoms with E-state index in [-0.39, 0.29) is 5.56 Å². The number of nitrogens with zero attached hydrogens (tertiary/aromatic N) is 5. The van der Waals surface area contributed by atoms with Gasteiger partial charge in [-0.15, -0.1) is 10.2 Å². The van der Waals surface area contributed by atoms with Crippen LogP contribution in [0.4, 0.5) is 0 Å². The largest absolute Gasteiger partial charge is 0.313 e. The van der Waals surface area contributed by atoms with Crippen molar-refractivity contribution >= 4 is 16.7 Å². The molecule has 4 aromatic rings. The summed E-state index contributed by atoms with van der Waals surface area (Å²) in [5.74, 6) is 0. The average Bonchev–Trinajstić information content (AvgIpc) is 3.03. The predicted octanol–water partition coefficient (Wildman–Crippen LogP) is 3.08. The molecule has 0 unspecified atom stereocenters. The maximum absolute atomic E-state index is 12.6. The Morgan fingerprint density at radius 1 is 1.04 bits per heavy atom. The summed E-state index contributed by atoms with van der Waals surface area (Å²) in [4.78, 5) is 12.6. The topological polar surface area (TPSA) is 65.1 Å². The van der Waals surface area contributed by atoms with Crippen molar-refractivity contribution in [2.75, 3.05) is 0 Å². The number of benzene rings is 1. The molecule has 0 aliphatic rings. The Balaban J connectivity index is 2.05. The molecule has 0 aliphatic heterocycles. The van der Waals surface area contributed by atoms with Gasteiger partial charge in [0.2, 0.25) is 0 Å². The minimum atomic E-state index is -0.122. The summed E-state index contributed by atoms with van der Waals surface area (Å²) in [7, 11) is 0. The molecule has 3 aromatic heterocycles. The number of hydrogen-bond acceptors (Lipinski definition) is 4. The summed E-state index contributed by atoms with van der Waals surface area (Å²) in [6, 6.07) is 12.0. The van der Waals surface area contributed by atoms with Crippen LogP contribution in [0.15, 0.2) is 47.4 Å². The second-order valence-electron chi connectivity index (χ2n) is 6.02. The fourth-order valence-corrected chi connectivity index (χ4v) is 3.19. The Kier molecular flexibility index (Phi) is 3.80. The summed E-state index contributed by atoms with van der Waals surface area (Å²) in [6.07, 6.45) is 3.48. The van der Waals surface area contributed by atoms with Crippen LogP contribution in [0, 0.1) is 0 Å². The van der Waals surface area contributed by atoms with Crippen LogP contribution >= 0.6 is 0 Å². The van der Waals surface area contributed by atoms with Gasteiger partial charge in [0, 0.05) is 12.7 Å². The molecule has 4 rings (SSSR count). The Morgan fingerprint density at radius 2 is 1.84 bits per heavy atom. The molecule has 0 atom stereocenters. The van der Waals surface area contributed by atoms with Gasteiger partial charge in [0.05, 0.1) is 11.3 Å². The van der Waals surface area contributed by atoms with Crippen molar-refractivity contribution in [1.29, 1.82) is 0 Å². The molecule has 25 heavy (non-hydrogen) atoms. The molecule has 126 valence electrons. The van der Waals surface area contributed by atoms with Gasteiger partial charge in [-0.05, 0) is 24.5 Å². The Labute approximate surface area is 144 Å². The zero-order chi connectivity index (χ0) is 17.4. The van der Waals surface area contributed by atoms with Gasteiger partial charge in [0.1, 0.15) is 5.52 Å². The number of fused-ring (bicyclic) bond motifs is 3. The standard InChI is InChI=1S/C19H19N5O/c1-3-11-23-12-10-15-17(19(23)25)20-21-18-16(13-8-6-5-7-9-13)14(4-2)22-24(15)18/h5-10,12H,3-4,11H2,1-2H3. The van der Waals surface area contributed by atoms with Crippen molar-refractivity contribution in [2.45, 2.75) is 33.2 Å². The lowest BCUT2D eigenvalue weighted by atomic mass is 10.0. The highest BCUT2D eigenvalue weighted by molar-refractivity contribution is 5.84. The normalized spacial score (nSPS) is 11.4. The van der Waals surface area contributed by atoms with Crippen LogP contribution in [0.2, 0.25) is 0 Å². The molecule has 6 nitrogen and oxygen atoms in total. The van der Waals surface area contributed by atoms with E-state index in [2.05, 4.69) is 17.1 Å². The molecule has 0 saturated heterocycles. The quantitative estimate of drug-likeness (QED) is 0.576. The SMILES string of the molecule is CCCn1ccc2c(nnc3c(-c4ccccc4)c(CC)nn32)c1=O. The molecular weight excluding hydrogens is 314 g/mol. The third-order valence-corrected chi connectivity index (χ3v) is 4.39. The number of aryl methyl sites for hydroxylation is 2. The Morgan fingerprint density at radius 3 is 2.56 bits per heavy atom. The van der Waals surface area contributed by atoms with E-state index < -0.39 is 0 Å². The highest BCUT2D eigenvalue weighted by Crippen LogP contribution is 2.28. The number of rotatable bonds is 4. The molecule has 0 spiro atoms. The predicted molar refractivity (Wildman–Crippen MR) is 97.7 cm³/mol. The number of hydrogen-bond donors (Lipinski definition) is 0. The van der Waals surface area contributed by atoms with Crippen molar-refractivity contribution in [3.05, 3.63) is 58.6 Å². The second kappa shape index (κ2) is 6.12. The molecule has 0 bridgehead atoms. The van der Waals surface area contributed by atoms with Crippen LogP contribution in [-0.2, 0) is 13.0 Å². The fraction of sp³-hybridized carbons (Fsp3) is 0.263. The molecular formula is C19H19N5O. The molecule has 3 heterocycles. The van der Waals surface area contributed by atoms with E-state index in [1.54, 1.807) is 9.08 Å². The maximum atomic E-state index is 12.6. The van der Waals surface area contributed by atoms with Gasteiger partial charge in [-0.2, -0.15) is 5.10 Å². The van der Waals surface area contributed by atoms with E-state index in [9.17, 15) is 4.79 Å². The van der Waals surface area contributed by atoms with Gasteiger partial charge in [-0.3, -0.25) is 4.79 Å². The summed E-state index contributed by atoms with van der Waals surface area (Å²) in [5.41, 5.74) is 4.60. The van der Waals surface area contributed by atoms with Crippen molar-refractivity contribution < 1.29 is 0 Å². The molecule has 6 heteroatoms. The van der Waals surface area contributed by atoms with Crippen LogP contribution in [0.5, 0.6) is 0 Å². The van der Waals surface area contributed by atoms with E-state index in [4.69, 9.17) is 5.10 Å². The van der Waals surface area contributed by atoms with Crippen LogP contribution in [0.3, 0.4) is 0 Å². The lowest BCUT2D eigenvalue weighted by Gasteiger charge is -2.05. The summed E-state index contributed by atoms with van der Waals surface area (Å²) >= 11 is 0. The van der Waals surface area contributed by atoms with Crippen LogP contribution in [0.25, 0.3) is 27.8 Å². The minimum Gasteiger partial charge on any atom is -0.313 e. The van der Waals surface area contributed by atoms with Crippen LogP contribution in [0.1, 0.15) is 26.0 Å². The van der Waals surface area contributed by atoms with E-state index in [1.165, 1.54) is 0 Å². The van der Waals surface area contributed by atoms with Crippen LogP contribution in [-0.4, -0.2) is 24.4 Å². The van der Waals surface area contributed by atoms with Gasteiger partial charge in [0.25, 0.3) is 5.56 Å². The van der Waals surface area contributed by atoms with Gasteiger partial charge < -0.3 is 4.57 Å². The van der Waals surface area contributed by atoms with Gasteiger partial charge in [-0.25, -0.2) is 4.52 Å². The average molecular weight is 333 g/mol. The third-order valence-electron chi connectivity index (χ3n) is 4.39. The molecule has 0 aliphatic carbocycles. The first-order chi connectivity index (χ1) is 12.2. The smallest absolute Gasteiger partial charge is 0.280 e. The maximum Gasteiger partial charge on any atom is 0.280 e. The molecule has 0 amide bonds. The zero-order valence-corrected chi connectivity index (χ0v) is 14.3. The first-order valence-corrected chi connectivity index (χ1v) is 8.57. The highest BCUT2D eigenvalue weighted by atomic mass is 16.1. The van der Waals surface area contributed by atoms with E-state index in [0.717, 1.165) is 29.7 Å². The fourth-order valence-electron chi connectivity index (χ4n) is 3.19. The van der Waals surface area contributed by atoms with Crippen molar-refractivity contribution in [1.82, 2.24) is 24.4 Å². The van der Waals surface area contributed by atoms with Gasteiger partial charge in [-0.1, -0.05) is 44.2 Å². The highest BCUT2D eigenvalue weighted by Gasteiger charge is 2.18. The lowest BCUT2D eigenvalue weighted by Crippen LogP contribution is -2.21. The summed E-state index contributed by atoms with van der Waals surface area (Å²) in [6.45, 7) is 4.78. The van der Waals surface area contributed by atoms with E-state index in [1.807, 2.05) is 49.5 Å². The molecule has 0 fully saturated rings. The number of aromatic nitrogens is 5. The lowest BCUT2D eigenvalue weighted by molar-refractivity contribution is 0.656. The Bertz CT molecular complexity index is 1110.